The van der Waals surface area contributed by atoms with Gasteiger partial charge in [-0.2, -0.15) is 10.1 Å². The molecular formula is C15H15N5OS. The summed E-state index contributed by atoms with van der Waals surface area (Å²) in [5.74, 6) is 1.99. The molecule has 0 saturated carbocycles. The molecule has 1 aromatic carbocycles. The normalized spacial score (nSPS) is 11.1. The predicted octanol–water partition coefficient (Wildman–Crippen LogP) is 3.44. The molecule has 2 heterocycles. The van der Waals surface area contributed by atoms with Gasteiger partial charge in [-0.1, -0.05) is 41.6 Å². The fourth-order valence-corrected chi connectivity index (χ4v) is 2.47. The van der Waals surface area contributed by atoms with Crippen molar-refractivity contribution in [3.8, 4) is 0 Å². The highest BCUT2D eigenvalue weighted by molar-refractivity contribution is 7.98. The third kappa shape index (κ3) is 3.98. The number of aryl methyl sites for hydroxylation is 1. The zero-order valence-corrected chi connectivity index (χ0v) is 12.8. The first-order valence-electron chi connectivity index (χ1n) is 6.73. The number of hydrogen-bond acceptors (Lipinski definition) is 6. The van der Waals surface area contributed by atoms with E-state index >= 15 is 0 Å². The van der Waals surface area contributed by atoms with Crippen LogP contribution < -0.4 is 5.43 Å². The van der Waals surface area contributed by atoms with Crippen LogP contribution in [0.2, 0.25) is 0 Å². The standard InChI is InChI=1S/C15H15N5OS/c1-11-4-6-12(7-5-11)10-22-15-17-14(19-20-15)18-16-9-13-3-2-8-21-13/h2-9H,10H2,1H3,(H2,17,18,19,20)/b16-9-. The van der Waals surface area contributed by atoms with E-state index < -0.39 is 0 Å². The highest BCUT2D eigenvalue weighted by atomic mass is 32.2. The SMILES string of the molecule is Cc1ccc(CSc2n[nH]c(N/N=C\c3ccco3)n2)cc1. The van der Waals surface area contributed by atoms with Crippen LogP contribution in [0.3, 0.4) is 0 Å². The summed E-state index contributed by atoms with van der Waals surface area (Å²) in [5, 5.41) is 11.6. The van der Waals surface area contributed by atoms with Crippen molar-refractivity contribution in [2.24, 2.45) is 5.10 Å². The minimum atomic E-state index is 0.495. The fraction of sp³-hybridized carbons (Fsp3) is 0.133. The Morgan fingerprint density at radius 3 is 2.95 bits per heavy atom. The molecule has 22 heavy (non-hydrogen) atoms. The van der Waals surface area contributed by atoms with Crippen LogP contribution in [0.25, 0.3) is 0 Å². The number of nitrogens with one attached hydrogen (secondary N) is 2. The lowest BCUT2D eigenvalue weighted by atomic mass is 10.2. The van der Waals surface area contributed by atoms with E-state index in [9.17, 15) is 0 Å². The van der Waals surface area contributed by atoms with E-state index in [1.807, 2.05) is 6.07 Å². The molecule has 0 unspecified atom stereocenters. The van der Waals surface area contributed by atoms with E-state index in [1.54, 1.807) is 30.3 Å². The summed E-state index contributed by atoms with van der Waals surface area (Å²) >= 11 is 1.57. The molecule has 7 heteroatoms. The predicted molar refractivity (Wildman–Crippen MR) is 87.0 cm³/mol. The summed E-state index contributed by atoms with van der Waals surface area (Å²) in [6.07, 6.45) is 3.16. The molecule has 0 spiro atoms. The van der Waals surface area contributed by atoms with Gasteiger partial charge in [0.1, 0.15) is 5.76 Å². The maximum atomic E-state index is 5.13. The van der Waals surface area contributed by atoms with Gasteiger partial charge in [0, 0.05) is 5.75 Å². The second-order valence-electron chi connectivity index (χ2n) is 4.63. The maximum absolute atomic E-state index is 5.13. The largest absolute Gasteiger partial charge is 0.463 e. The van der Waals surface area contributed by atoms with Gasteiger partial charge in [0.25, 0.3) is 0 Å². The molecular weight excluding hydrogens is 298 g/mol. The topological polar surface area (TPSA) is 79.1 Å². The van der Waals surface area contributed by atoms with Crippen molar-refractivity contribution in [3.05, 3.63) is 59.5 Å². The quantitative estimate of drug-likeness (QED) is 0.414. The fourth-order valence-electron chi connectivity index (χ4n) is 1.71. The van der Waals surface area contributed by atoms with Gasteiger partial charge in [-0.15, -0.1) is 5.10 Å². The van der Waals surface area contributed by atoms with Crippen molar-refractivity contribution in [1.29, 1.82) is 0 Å². The summed E-state index contributed by atoms with van der Waals surface area (Å²) in [6, 6.07) is 12.0. The van der Waals surface area contributed by atoms with Crippen LogP contribution in [0, 0.1) is 6.92 Å². The smallest absolute Gasteiger partial charge is 0.240 e. The highest BCUT2D eigenvalue weighted by Gasteiger charge is 2.03. The van der Waals surface area contributed by atoms with Gasteiger partial charge >= 0.3 is 0 Å². The van der Waals surface area contributed by atoms with Crippen LogP contribution in [0.1, 0.15) is 16.9 Å². The van der Waals surface area contributed by atoms with Crippen molar-refractivity contribution in [2.75, 3.05) is 5.43 Å². The molecule has 0 saturated heterocycles. The van der Waals surface area contributed by atoms with E-state index in [2.05, 4.69) is 56.9 Å². The van der Waals surface area contributed by atoms with Gasteiger partial charge in [0.2, 0.25) is 11.1 Å². The van der Waals surface area contributed by atoms with Crippen LogP contribution >= 0.6 is 11.8 Å². The van der Waals surface area contributed by atoms with E-state index in [1.165, 1.54) is 11.1 Å². The van der Waals surface area contributed by atoms with Crippen molar-refractivity contribution < 1.29 is 4.42 Å². The third-order valence-electron chi connectivity index (χ3n) is 2.86. The summed E-state index contributed by atoms with van der Waals surface area (Å²) in [5.41, 5.74) is 5.27. The first kappa shape index (κ1) is 14.4. The van der Waals surface area contributed by atoms with Gasteiger partial charge in [0.15, 0.2) is 0 Å². The number of nitrogens with zero attached hydrogens (tertiary/aromatic N) is 3. The monoisotopic (exact) mass is 313 g/mol. The van der Waals surface area contributed by atoms with Crippen LogP contribution in [0.4, 0.5) is 5.95 Å². The Morgan fingerprint density at radius 1 is 1.32 bits per heavy atom. The average Bonchev–Trinajstić information content (AvgIpc) is 3.19. The number of thioether (sulfide) groups is 1. The van der Waals surface area contributed by atoms with Crippen molar-refractivity contribution in [2.45, 2.75) is 17.8 Å². The van der Waals surface area contributed by atoms with Crippen LogP contribution in [-0.2, 0) is 5.75 Å². The minimum Gasteiger partial charge on any atom is -0.463 e. The second kappa shape index (κ2) is 6.95. The number of aromatic nitrogens is 3. The first-order valence-corrected chi connectivity index (χ1v) is 7.71. The number of aromatic amines is 1. The molecule has 0 amide bonds. The highest BCUT2D eigenvalue weighted by Crippen LogP contribution is 2.20. The van der Waals surface area contributed by atoms with Gasteiger partial charge in [0.05, 0.1) is 12.5 Å². The molecule has 2 N–H and O–H groups in total. The summed E-state index contributed by atoms with van der Waals surface area (Å²) in [6.45, 7) is 2.08. The molecule has 3 aromatic rings. The van der Waals surface area contributed by atoms with E-state index in [-0.39, 0.29) is 0 Å². The second-order valence-corrected chi connectivity index (χ2v) is 5.57. The summed E-state index contributed by atoms with van der Waals surface area (Å²) in [7, 11) is 0. The lowest BCUT2D eigenvalue weighted by Gasteiger charge is -1.98. The van der Waals surface area contributed by atoms with E-state index in [0.717, 1.165) is 5.75 Å². The summed E-state index contributed by atoms with van der Waals surface area (Å²) in [4.78, 5) is 4.30. The number of furan rings is 1. The number of benzene rings is 1. The molecule has 0 bridgehead atoms. The Labute approximate surface area is 132 Å². The Kier molecular flexibility index (Phi) is 4.55. The average molecular weight is 313 g/mol. The van der Waals surface area contributed by atoms with Gasteiger partial charge in [-0.25, -0.2) is 10.5 Å². The van der Waals surface area contributed by atoms with Crippen LogP contribution in [0.15, 0.2) is 57.3 Å². The number of hydrazone groups is 1. The third-order valence-corrected chi connectivity index (χ3v) is 3.78. The zero-order valence-electron chi connectivity index (χ0n) is 12.0. The molecule has 112 valence electrons. The molecule has 3 rings (SSSR count). The molecule has 0 atom stereocenters. The number of H-pyrrole nitrogens is 1. The van der Waals surface area contributed by atoms with E-state index in [0.29, 0.717) is 16.9 Å². The van der Waals surface area contributed by atoms with E-state index in [4.69, 9.17) is 4.42 Å². The molecule has 0 aliphatic carbocycles. The number of rotatable bonds is 6. The van der Waals surface area contributed by atoms with Crippen molar-refractivity contribution >= 4 is 23.9 Å². The minimum absolute atomic E-state index is 0.495. The Morgan fingerprint density at radius 2 is 2.18 bits per heavy atom. The Hall–Kier alpha value is -2.54. The van der Waals surface area contributed by atoms with Crippen molar-refractivity contribution in [1.82, 2.24) is 15.2 Å². The first-order chi connectivity index (χ1) is 10.8. The van der Waals surface area contributed by atoms with Crippen molar-refractivity contribution in [3.63, 3.8) is 0 Å². The summed E-state index contributed by atoms with van der Waals surface area (Å²) < 4.78 is 5.13. The molecule has 0 radical (unpaired) electrons. The molecule has 0 aliphatic heterocycles. The molecule has 2 aromatic heterocycles. The lowest BCUT2D eigenvalue weighted by Crippen LogP contribution is -1.91. The Bertz CT molecular complexity index is 734. The molecule has 0 aliphatic rings. The molecule has 0 fully saturated rings. The molecule has 6 nitrogen and oxygen atoms in total. The van der Waals surface area contributed by atoms with Gasteiger partial charge < -0.3 is 4.42 Å². The lowest BCUT2D eigenvalue weighted by molar-refractivity contribution is 0.560. The zero-order chi connectivity index (χ0) is 15.2. The van der Waals surface area contributed by atoms with Gasteiger partial charge in [-0.05, 0) is 24.6 Å². The van der Waals surface area contributed by atoms with Crippen LogP contribution in [0.5, 0.6) is 0 Å². The maximum Gasteiger partial charge on any atom is 0.240 e. The number of anilines is 1. The number of hydrogen-bond donors (Lipinski definition) is 2. The van der Waals surface area contributed by atoms with Crippen LogP contribution in [-0.4, -0.2) is 21.4 Å². The Balaban J connectivity index is 1.51. The van der Waals surface area contributed by atoms with Gasteiger partial charge in [-0.3, -0.25) is 0 Å².